The summed E-state index contributed by atoms with van der Waals surface area (Å²) in [5.74, 6) is -1.08. The number of aryl methyl sites for hydroxylation is 2. The zero-order valence-electron chi connectivity index (χ0n) is 24.2. The van der Waals surface area contributed by atoms with E-state index in [0.717, 1.165) is 34.5 Å². The number of hydrogen-bond donors (Lipinski definition) is 1. The normalized spacial score (nSPS) is 11.3. The van der Waals surface area contributed by atoms with Crippen molar-refractivity contribution in [1.82, 2.24) is 5.32 Å². The van der Waals surface area contributed by atoms with Gasteiger partial charge in [-0.15, -0.1) is 0 Å². The van der Waals surface area contributed by atoms with Gasteiger partial charge in [0.15, 0.2) is 0 Å². The zero-order chi connectivity index (χ0) is 28.5. The number of thioether (sulfide) groups is 1. The largest absolute Gasteiger partial charge is 1.00 e. The number of aliphatic carboxylic acids is 1. The molecular formula is C34H35LiN2O3S. The molecule has 41 heavy (non-hydrogen) atoms. The van der Waals surface area contributed by atoms with Crippen molar-refractivity contribution < 1.29 is 33.6 Å². The van der Waals surface area contributed by atoms with Crippen LogP contribution in [0.15, 0.2) is 97.1 Å². The van der Waals surface area contributed by atoms with Gasteiger partial charge in [-0.05, 0) is 84.4 Å². The average molecular weight is 559 g/mol. The molecule has 0 aromatic heterocycles. The molecule has 7 heteroatoms. The molecule has 0 radical (unpaired) electrons. The van der Waals surface area contributed by atoms with Crippen LogP contribution in [-0.2, 0) is 17.9 Å². The van der Waals surface area contributed by atoms with E-state index in [-0.39, 0.29) is 18.9 Å². The Bertz CT molecular complexity index is 1440. The Kier molecular flexibility index (Phi) is 12.2. The second-order valence-corrected chi connectivity index (χ2v) is 11.0. The molecule has 0 aliphatic carbocycles. The first-order valence-electron chi connectivity index (χ1n) is 13.4. The summed E-state index contributed by atoms with van der Waals surface area (Å²) in [6.07, 6.45) is 2.21. The second-order valence-electron chi connectivity index (χ2n) is 10.00. The number of rotatable bonds is 12. The van der Waals surface area contributed by atoms with Crippen molar-refractivity contribution in [2.45, 2.75) is 39.4 Å². The topological polar surface area (TPSA) is 72.5 Å². The van der Waals surface area contributed by atoms with Gasteiger partial charge in [-0.25, -0.2) is 0 Å². The standard InChI is InChI=1S/C34H36N2O3S.Li/c1-24-13-15-26(16-14-24)22-36(28-10-5-4-6-11-28)23-27-17-18-30(31(21-27)29-12-8-7-9-25(29)2)33(37)35-32(34(38)39)19-20-40-3;/h4-18,21,32H,19-20,22-23H2,1-3H3,(H,35,37)(H,38,39);/q;+1/p-1/t32-;/m0./s1. The summed E-state index contributed by atoms with van der Waals surface area (Å²) in [6, 6.07) is 31.6. The van der Waals surface area contributed by atoms with Gasteiger partial charge in [-0.3, -0.25) is 4.79 Å². The van der Waals surface area contributed by atoms with Crippen molar-refractivity contribution >= 4 is 29.3 Å². The average Bonchev–Trinajstić information content (AvgIpc) is 2.96. The summed E-state index contributed by atoms with van der Waals surface area (Å²) in [6.45, 7) is 5.46. The molecule has 4 rings (SSSR count). The summed E-state index contributed by atoms with van der Waals surface area (Å²) in [7, 11) is 0. The number of benzene rings is 4. The van der Waals surface area contributed by atoms with Crippen LogP contribution in [0.4, 0.5) is 5.69 Å². The first-order chi connectivity index (χ1) is 19.4. The number of carboxylic acid groups (broad SMARTS) is 1. The zero-order valence-corrected chi connectivity index (χ0v) is 25.0. The number of nitrogens with zero attached hydrogens (tertiary/aromatic N) is 1. The minimum Gasteiger partial charge on any atom is -0.548 e. The first kappa shape index (κ1) is 32.1. The number of amides is 1. The van der Waals surface area contributed by atoms with Crippen LogP contribution in [0.5, 0.6) is 0 Å². The Labute approximate surface area is 259 Å². The molecule has 206 valence electrons. The Hall–Kier alpha value is -3.43. The third-order valence-corrected chi connectivity index (χ3v) is 7.60. The molecule has 1 atom stereocenters. The van der Waals surface area contributed by atoms with Crippen molar-refractivity contribution in [3.05, 3.63) is 125 Å². The van der Waals surface area contributed by atoms with E-state index in [4.69, 9.17) is 0 Å². The van der Waals surface area contributed by atoms with Gasteiger partial charge in [-0.2, -0.15) is 11.8 Å². The van der Waals surface area contributed by atoms with Gasteiger partial charge in [-0.1, -0.05) is 78.4 Å². The first-order valence-corrected chi connectivity index (χ1v) is 14.8. The number of carbonyl (C=O) groups excluding carboxylic acids is 2. The Morgan fingerprint density at radius 2 is 1.46 bits per heavy atom. The number of carboxylic acids is 1. The fourth-order valence-electron chi connectivity index (χ4n) is 4.72. The van der Waals surface area contributed by atoms with Gasteiger partial charge in [0.2, 0.25) is 0 Å². The fourth-order valence-corrected chi connectivity index (χ4v) is 5.19. The second kappa shape index (κ2) is 15.5. The molecule has 0 aliphatic rings. The van der Waals surface area contributed by atoms with E-state index in [1.54, 1.807) is 0 Å². The quantitative estimate of drug-likeness (QED) is 0.271. The number of para-hydroxylation sites is 1. The van der Waals surface area contributed by atoms with Crippen molar-refractivity contribution in [2.24, 2.45) is 0 Å². The molecule has 0 aliphatic heterocycles. The van der Waals surface area contributed by atoms with Crippen molar-refractivity contribution in [2.75, 3.05) is 16.9 Å². The molecule has 0 spiro atoms. The molecule has 0 heterocycles. The molecule has 0 saturated heterocycles. The van der Waals surface area contributed by atoms with Crippen molar-refractivity contribution in [1.29, 1.82) is 0 Å². The van der Waals surface area contributed by atoms with Gasteiger partial charge in [0.1, 0.15) is 0 Å². The molecule has 0 saturated carbocycles. The number of carbonyl (C=O) groups is 2. The maximum absolute atomic E-state index is 13.4. The van der Waals surface area contributed by atoms with Crippen LogP contribution in [0.1, 0.15) is 39.0 Å². The van der Waals surface area contributed by atoms with Crippen molar-refractivity contribution in [3.63, 3.8) is 0 Å². The van der Waals surface area contributed by atoms with Gasteiger partial charge in [0.25, 0.3) is 5.91 Å². The van der Waals surface area contributed by atoms with Crippen molar-refractivity contribution in [3.8, 4) is 11.1 Å². The van der Waals surface area contributed by atoms with Crippen LogP contribution < -0.4 is 34.2 Å². The summed E-state index contributed by atoms with van der Waals surface area (Å²) in [4.78, 5) is 27.5. The van der Waals surface area contributed by atoms with Crippen LogP contribution in [0.3, 0.4) is 0 Å². The predicted octanol–water partition coefficient (Wildman–Crippen LogP) is 2.78. The van der Waals surface area contributed by atoms with E-state index >= 15 is 0 Å². The minimum atomic E-state index is -1.27. The number of anilines is 1. The molecule has 0 unspecified atom stereocenters. The van der Waals surface area contributed by atoms with E-state index in [1.807, 2.05) is 67.8 Å². The molecule has 1 N–H and O–H groups in total. The summed E-state index contributed by atoms with van der Waals surface area (Å²) in [5, 5.41) is 14.4. The van der Waals surface area contributed by atoms with E-state index in [9.17, 15) is 14.7 Å². The van der Waals surface area contributed by atoms with Crippen LogP contribution >= 0.6 is 11.8 Å². The summed E-state index contributed by atoms with van der Waals surface area (Å²) < 4.78 is 0. The third-order valence-electron chi connectivity index (χ3n) is 6.95. The van der Waals surface area contributed by atoms with E-state index in [2.05, 4.69) is 59.6 Å². The van der Waals surface area contributed by atoms with Gasteiger partial charge in [0, 0.05) is 24.3 Å². The molecule has 5 nitrogen and oxygen atoms in total. The summed E-state index contributed by atoms with van der Waals surface area (Å²) in [5.41, 5.74) is 7.78. The molecule has 1 amide bonds. The monoisotopic (exact) mass is 558 g/mol. The molecule has 0 bridgehead atoms. The molecule has 0 fully saturated rings. The van der Waals surface area contributed by atoms with E-state index in [1.165, 1.54) is 22.9 Å². The Morgan fingerprint density at radius 3 is 2.12 bits per heavy atom. The molecule has 4 aromatic carbocycles. The van der Waals surface area contributed by atoms with Gasteiger partial charge >= 0.3 is 18.9 Å². The van der Waals surface area contributed by atoms with Crippen LogP contribution in [0.2, 0.25) is 0 Å². The van der Waals surface area contributed by atoms with Crippen LogP contribution in [-0.4, -0.2) is 29.9 Å². The maximum atomic E-state index is 13.4. The van der Waals surface area contributed by atoms with Gasteiger partial charge in [0.05, 0.1) is 12.0 Å². The number of nitrogens with one attached hydrogen (secondary N) is 1. The van der Waals surface area contributed by atoms with E-state index in [0.29, 0.717) is 24.3 Å². The minimum absolute atomic E-state index is 0. The van der Waals surface area contributed by atoms with Gasteiger partial charge < -0.3 is 20.1 Å². The molecular weight excluding hydrogens is 523 g/mol. The molecule has 4 aromatic rings. The fraction of sp³-hybridized carbons (Fsp3) is 0.235. The third kappa shape index (κ3) is 8.77. The summed E-state index contributed by atoms with van der Waals surface area (Å²) >= 11 is 1.53. The van der Waals surface area contributed by atoms with E-state index < -0.39 is 17.9 Å². The smallest absolute Gasteiger partial charge is 0.548 e. The van der Waals surface area contributed by atoms with Crippen LogP contribution in [0, 0.1) is 13.8 Å². The number of hydrogen-bond acceptors (Lipinski definition) is 5. The SMILES string of the molecule is CSCC[C@H](NC(=O)c1ccc(CN(Cc2ccc(C)cc2)c2ccccc2)cc1-c1ccccc1C)C(=O)[O-].[Li+]. The Balaban J connectivity index is 0.00000462. The van der Waals surface area contributed by atoms with Crippen LogP contribution in [0.25, 0.3) is 11.1 Å². The predicted molar refractivity (Wildman–Crippen MR) is 163 cm³/mol. The Morgan fingerprint density at radius 1 is 0.829 bits per heavy atom. The maximum Gasteiger partial charge on any atom is 1.00 e.